The topological polar surface area (TPSA) is 49.3 Å². The van der Waals surface area contributed by atoms with Gasteiger partial charge in [-0.05, 0) is 87.7 Å². The predicted molar refractivity (Wildman–Crippen MR) is 164 cm³/mol. The van der Waals surface area contributed by atoms with Crippen molar-refractivity contribution in [1.82, 2.24) is 4.90 Å². The van der Waals surface area contributed by atoms with Crippen LogP contribution in [0.1, 0.15) is 49.3 Å². The summed E-state index contributed by atoms with van der Waals surface area (Å²) in [7, 11) is 0. The molecule has 41 heavy (non-hydrogen) atoms. The van der Waals surface area contributed by atoms with Gasteiger partial charge in [0.05, 0.1) is 23.5 Å². The number of halogens is 2. The van der Waals surface area contributed by atoms with Crippen LogP contribution in [-0.2, 0) is 5.79 Å². The smallest absolute Gasteiger partial charge is 0.278 e. The van der Waals surface area contributed by atoms with Gasteiger partial charge >= 0.3 is 0 Å². The predicted octanol–water partition coefficient (Wildman–Crippen LogP) is 7.47. The lowest BCUT2D eigenvalue weighted by atomic mass is 9.88. The van der Waals surface area contributed by atoms with E-state index in [0.29, 0.717) is 22.3 Å². The third kappa shape index (κ3) is 5.53. The van der Waals surface area contributed by atoms with Gasteiger partial charge in [0, 0.05) is 36.5 Å². The normalized spacial score (nSPS) is 22.6. The molecular formula is C33H36ClFN4O2. The van der Waals surface area contributed by atoms with Gasteiger partial charge in [0.15, 0.2) is 11.5 Å². The minimum absolute atomic E-state index is 0.174. The Balaban J connectivity index is 1.13. The number of aryl methyl sites for hydroxylation is 1. The number of rotatable bonds is 7. The van der Waals surface area contributed by atoms with Crippen molar-refractivity contribution >= 4 is 29.2 Å². The average Bonchev–Trinajstić information content (AvgIpc) is 3.48. The maximum atomic E-state index is 14.8. The van der Waals surface area contributed by atoms with Crippen molar-refractivity contribution in [2.45, 2.75) is 51.5 Å². The van der Waals surface area contributed by atoms with Crippen molar-refractivity contribution in [3.63, 3.8) is 0 Å². The standard InChI is InChI=1S/C33H36ClFN4O2/c1-4-14-36-15-18-39-29-19-22(2)8-11-28(29)37-31(39)21-38-16-12-23(13-17-38)25-6-5-7-30-32(25)41-33(3,40-30)26-10-9-24(34)20-27(26)35/h4-11,14-15,19-20,23,31,37H,12-13,16-18,21H2,1-3H3/b14-4-,36-15?. The lowest BCUT2D eigenvalue weighted by Gasteiger charge is -2.36. The largest absolute Gasteiger partial charge is 0.444 e. The van der Waals surface area contributed by atoms with Crippen LogP contribution in [0.3, 0.4) is 0 Å². The van der Waals surface area contributed by atoms with Crippen LogP contribution in [0.2, 0.25) is 5.02 Å². The highest BCUT2D eigenvalue weighted by Crippen LogP contribution is 2.50. The molecule has 6 nitrogen and oxygen atoms in total. The first-order valence-corrected chi connectivity index (χ1v) is 14.7. The molecule has 0 amide bonds. The van der Waals surface area contributed by atoms with E-state index < -0.39 is 11.6 Å². The summed E-state index contributed by atoms with van der Waals surface area (Å²) in [6.45, 7) is 9.48. The second-order valence-electron chi connectivity index (χ2n) is 11.2. The molecule has 0 radical (unpaired) electrons. The third-order valence-corrected chi connectivity index (χ3v) is 8.50. The summed E-state index contributed by atoms with van der Waals surface area (Å²) in [5, 5.41) is 4.08. The lowest BCUT2D eigenvalue weighted by molar-refractivity contribution is -0.0711. The number of para-hydroxylation sites is 1. The average molecular weight is 575 g/mol. The van der Waals surface area contributed by atoms with Gasteiger partial charge in [0.25, 0.3) is 5.79 Å². The molecule has 3 heterocycles. The van der Waals surface area contributed by atoms with E-state index in [0.717, 1.165) is 50.3 Å². The second kappa shape index (κ2) is 11.4. The third-order valence-electron chi connectivity index (χ3n) is 8.27. The summed E-state index contributed by atoms with van der Waals surface area (Å²) in [5.74, 6) is 0.0258. The quantitative estimate of drug-likeness (QED) is 0.297. The van der Waals surface area contributed by atoms with Gasteiger partial charge in [0.1, 0.15) is 12.0 Å². The Kier molecular flexibility index (Phi) is 7.66. The van der Waals surface area contributed by atoms with E-state index in [4.69, 9.17) is 21.1 Å². The molecule has 3 aliphatic rings. The number of fused-ring (bicyclic) bond motifs is 2. The number of likely N-dealkylation sites (tertiary alicyclic amines) is 1. The van der Waals surface area contributed by atoms with E-state index in [1.807, 2.05) is 37.5 Å². The van der Waals surface area contributed by atoms with Crippen molar-refractivity contribution in [3.05, 3.63) is 94.4 Å². The monoisotopic (exact) mass is 574 g/mol. The summed E-state index contributed by atoms with van der Waals surface area (Å²) in [4.78, 5) is 9.35. The van der Waals surface area contributed by atoms with Gasteiger partial charge in [-0.2, -0.15) is 0 Å². The van der Waals surface area contributed by atoms with Crippen LogP contribution in [0, 0.1) is 12.7 Å². The van der Waals surface area contributed by atoms with Crippen LogP contribution in [0.25, 0.3) is 0 Å². The Labute approximate surface area is 246 Å². The molecule has 3 aromatic rings. The number of nitrogens with zero attached hydrogens (tertiary/aromatic N) is 3. The molecule has 1 N–H and O–H groups in total. The molecule has 1 saturated heterocycles. The number of nitrogens with one attached hydrogen (secondary N) is 1. The van der Waals surface area contributed by atoms with Crippen LogP contribution in [0.15, 0.2) is 71.9 Å². The first-order chi connectivity index (χ1) is 19.8. The molecule has 0 bridgehead atoms. The van der Waals surface area contributed by atoms with Gasteiger partial charge in [-0.25, -0.2) is 4.39 Å². The molecule has 0 spiro atoms. The summed E-state index contributed by atoms with van der Waals surface area (Å²) < 4.78 is 27.4. The van der Waals surface area contributed by atoms with Crippen LogP contribution >= 0.6 is 11.6 Å². The molecule has 3 aliphatic heterocycles. The fourth-order valence-electron chi connectivity index (χ4n) is 6.19. The van der Waals surface area contributed by atoms with E-state index in [1.165, 1.54) is 23.0 Å². The van der Waals surface area contributed by atoms with Gasteiger partial charge in [-0.1, -0.05) is 35.9 Å². The van der Waals surface area contributed by atoms with Gasteiger partial charge < -0.3 is 19.7 Å². The van der Waals surface area contributed by atoms with Gasteiger partial charge in [0.2, 0.25) is 0 Å². The van der Waals surface area contributed by atoms with Crippen LogP contribution in [-0.4, -0.2) is 43.5 Å². The number of aliphatic imine (C=N–C) groups is 1. The molecule has 0 aromatic heterocycles. The molecule has 6 rings (SSSR count). The van der Waals surface area contributed by atoms with Crippen LogP contribution in [0.4, 0.5) is 15.8 Å². The maximum absolute atomic E-state index is 14.8. The Bertz CT molecular complexity index is 1490. The molecular weight excluding hydrogens is 539 g/mol. The number of anilines is 2. The fraction of sp³-hybridized carbons (Fsp3) is 0.364. The lowest BCUT2D eigenvalue weighted by Crippen LogP contribution is -2.47. The Morgan fingerprint density at radius 3 is 2.73 bits per heavy atom. The summed E-state index contributed by atoms with van der Waals surface area (Å²) in [6.07, 6.45) is 7.92. The summed E-state index contributed by atoms with van der Waals surface area (Å²) in [6, 6.07) is 17.2. The van der Waals surface area contributed by atoms with Crippen molar-refractivity contribution < 1.29 is 13.9 Å². The Morgan fingerprint density at radius 2 is 1.95 bits per heavy atom. The SMILES string of the molecule is C/C=C\N=CCN1c2cc(C)ccc2NC1CN1CCC(c2cccc3c2OC(C)(c2ccc(Cl)cc2F)O3)CC1. The molecule has 1 fully saturated rings. The van der Waals surface area contributed by atoms with Crippen LogP contribution in [0.5, 0.6) is 11.5 Å². The van der Waals surface area contributed by atoms with E-state index >= 15 is 0 Å². The maximum Gasteiger partial charge on any atom is 0.278 e. The summed E-state index contributed by atoms with van der Waals surface area (Å²) in [5.41, 5.74) is 5.11. The number of piperidine rings is 1. The van der Waals surface area contributed by atoms with Crippen molar-refractivity contribution in [2.24, 2.45) is 4.99 Å². The van der Waals surface area contributed by atoms with Crippen molar-refractivity contribution in [3.8, 4) is 11.5 Å². The first-order valence-electron chi connectivity index (χ1n) is 14.3. The molecule has 3 aromatic carbocycles. The molecule has 2 unspecified atom stereocenters. The van der Waals surface area contributed by atoms with E-state index in [2.05, 4.69) is 51.3 Å². The zero-order valence-electron chi connectivity index (χ0n) is 23.7. The highest BCUT2D eigenvalue weighted by molar-refractivity contribution is 6.30. The molecule has 214 valence electrons. The minimum Gasteiger partial charge on any atom is -0.444 e. The number of hydrogen-bond donors (Lipinski definition) is 1. The van der Waals surface area contributed by atoms with Crippen molar-refractivity contribution in [2.75, 3.05) is 36.4 Å². The molecule has 0 saturated carbocycles. The molecule has 0 aliphatic carbocycles. The van der Waals surface area contributed by atoms with E-state index in [1.54, 1.807) is 19.1 Å². The zero-order chi connectivity index (χ0) is 28.6. The Morgan fingerprint density at radius 1 is 1.12 bits per heavy atom. The highest BCUT2D eigenvalue weighted by Gasteiger charge is 2.43. The minimum atomic E-state index is -1.24. The number of benzene rings is 3. The number of ether oxygens (including phenoxy) is 2. The fourth-order valence-corrected chi connectivity index (χ4v) is 6.35. The number of hydrogen-bond acceptors (Lipinski definition) is 6. The number of allylic oxidation sites excluding steroid dienone is 1. The molecule has 8 heteroatoms. The second-order valence-corrected chi connectivity index (χ2v) is 11.6. The summed E-state index contributed by atoms with van der Waals surface area (Å²) >= 11 is 5.98. The van der Waals surface area contributed by atoms with Gasteiger partial charge in [-0.15, -0.1) is 0 Å². The van der Waals surface area contributed by atoms with Crippen molar-refractivity contribution in [1.29, 1.82) is 0 Å². The van der Waals surface area contributed by atoms with Crippen LogP contribution < -0.4 is 19.7 Å². The highest BCUT2D eigenvalue weighted by atomic mass is 35.5. The zero-order valence-corrected chi connectivity index (χ0v) is 24.5. The van der Waals surface area contributed by atoms with E-state index in [-0.39, 0.29) is 6.17 Å². The van der Waals surface area contributed by atoms with E-state index in [9.17, 15) is 4.39 Å². The molecule has 2 atom stereocenters. The Hall–Kier alpha value is -3.55. The first kappa shape index (κ1) is 27.6. The van der Waals surface area contributed by atoms with Gasteiger partial charge in [-0.3, -0.25) is 9.89 Å².